The van der Waals surface area contributed by atoms with E-state index < -0.39 is 11.9 Å². The number of furan rings is 1. The van der Waals surface area contributed by atoms with Gasteiger partial charge in [-0.3, -0.25) is 4.79 Å². The number of benzene rings is 3. The van der Waals surface area contributed by atoms with Crippen LogP contribution in [0.5, 0.6) is 11.5 Å². The molecule has 0 saturated carbocycles. The Hall–Kier alpha value is -5.09. The largest absolute Gasteiger partial charge is 0.482 e. The summed E-state index contributed by atoms with van der Waals surface area (Å²) >= 11 is 0. The van der Waals surface area contributed by atoms with Crippen molar-refractivity contribution >= 4 is 18.0 Å². The van der Waals surface area contributed by atoms with Crippen LogP contribution < -0.4 is 14.8 Å². The molecular weight excluding hydrogens is 492 g/mol. The molecule has 0 unspecified atom stereocenters. The third-order valence-corrected chi connectivity index (χ3v) is 6.22. The van der Waals surface area contributed by atoms with E-state index in [4.69, 9.17) is 13.9 Å². The fourth-order valence-electron chi connectivity index (χ4n) is 3.92. The minimum Gasteiger partial charge on any atom is -0.482 e. The number of rotatable bonds is 10. The Morgan fingerprint density at radius 3 is 2.21 bits per heavy atom. The van der Waals surface area contributed by atoms with Crippen LogP contribution in [-0.4, -0.2) is 18.5 Å². The number of amides is 1. The molecule has 0 aliphatic heterocycles. The zero-order valence-electron chi connectivity index (χ0n) is 21.7. The molecule has 0 spiro atoms. The van der Waals surface area contributed by atoms with Gasteiger partial charge in [0.1, 0.15) is 28.9 Å². The average molecular weight is 521 g/mol. The summed E-state index contributed by atoms with van der Waals surface area (Å²) in [4.78, 5) is 24.6. The van der Waals surface area contributed by atoms with Gasteiger partial charge in [0, 0.05) is 5.41 Å². The highest BCUT2D eigenvalue weighted by molar-refractivity contribution is 6.01. The molecule has 0 atom stereocenters. The number of nitrogens with one attached hydrogen (secondary N) is 1. The van der Waals surface area contributed by atoms with Crippen LogP contribution in [0.3, 0.4) is 0 Å². The fourth-order valence-corrected chi connectivity index (χ4v) is 3.92. The number of esters is 1. The number of ether oxygens (including phenoxy) is 2. The summed E-state index contributed by atoms with van der Waals surface area (Å²) in [7, 11) is 0. The SMILES string of the molecule is CC(C)(c1ccccc1)c1ccc(OCC(=O)Oc2ccc(/C=C(\C#N)C(=O)NCc3ccco3)cc2)cc1. The second kappa shape index (κ2) is 12.4. The molecule has 1 N–H and O–H groups in total. The molecule has 7 heteroatoms. The van der Waals surface area contributed by atoms with Crippen molar-refractivity contribution in [2.45, 2.75) is 25.8 Å². The third kappa shape index (κ3) is 7.24. The molecule has 0 aliphatic carbocycles. The standard InChI is InChI=1S/C32H28N2O5/c1-32(2,25-7-4-3-5-8-25)26-12-16-27(17-13-26)38-22-30(35)39-28-14-10-23(11-15-28)19-24(20-33)31(36)34-21-29-9-6-18-37-29/h3-19H,21-22H2,1-2H3,(H,34,36)/b24-19+. The summed E-state index contributed by atoms with van der Waals surface area (Å²) in [5, 5.41) is 12.0. The number of hydrogen-bond acceptors (Lipinski definition) is 6. The molecule has 3 aromatic carbocycles. The van der Waals surface area contributed by atoms with Gasteiger partial charge in [0.15, 0.2) is 6.61 Å². The molecule has 39 heavy (non-hydrogen) atoms. The monoisotopic (exact) mass is 520 g/mol. The first kappa shape index (κ1) is 27.0. The van der Waals surface area contributed by atoms with E-state index in [9.17, 15) is 14.9 Å². The van der Waals surface area contributed by atoms with Gasteiger partial charge in [-0.25, -0.2) is 4.79 Å². The van der Waals surface area contributed by atoms with E-state index in [1.165, 1.54) is 17.9 Å². The number of carbonyl (C=O) groups excluding carboxylic acids is 2. The average Bonchev–Trinajstić information content (AvgIpc) is 3.49. The maximum Gasteiger partial charge on any atom is 0.349 e. The summed E-state index contributed by atoms with van der Waals surface area (Å²) in [5.74, 6) is 0.399. The second-order valence-corrected chi connectivity index (χ2v) is 9.28. The predicted octanol–water partition coefficient (Wildman–Crippen LogP) is 5.81. The number of nitriles is 1. The normalized spacial score (nSPS) is 11.4. The molecule has 0 radical (unpaired) electrons. The van der Waals surface area contributed by atoms with Crippen molar-refractivity contribution in [3.05, 3.63) is 125 Å². The van der Waals surface area contributed by atoms with Gasteiger partial charge in [0.25, 0.3) is 5.91 Å². The molecule has 196 valence electrons. The van der Waals surface area contributed by atoms with Crippen molar-refractivity contribution in [3.8, 4) is 17.6 Å². The molecule has 0 bridgehead atoms. The van der Waals surface area contributed by atoms with Crippen LogP contribution in [0.15, 0.2) is 107 Å². The maximum atomic E-state index is 12.3. The smallest absolute Gasteiger partial charge is 0.349 e. The van der Waals surface area contributed by atoms with Gasteiger partial charge in [0.05, 0.1) is 12.8 Å². The van der Waals surface area contributed by atoms with Gasteiger partial charge >= 0.3 is 5.97 Å². The van der Waals surface area contributed by atoms with Crippen LogP contribution in [0, 0.1) is 11.3 Å². The van der Waals surface area contributed by atoms with Gasteiger partial charge in [-0.05, 0) is 59.2 Å². The first-order chi connectivity index (χ1) is 18.8. The van der Waals surface area contributed by atoms with Gasteiger partial charge in [-0.2, -0.15) is 5.26 Å². The molecule has 7 nitrogen and oxygen atoms in total. The molecule has 4 rings (SSSR count). The highest BCUT2D eigenvalue weighted by atomic mass is 16.6. The topological polar surface area (TPSA) is 102 Å². The van der Waals surface area contributed by atoms with Gasteiger partial charge in [0.2, 0.25) is 0 Å². The minimum absolute atomic E-state index is 0.0575. The van der Waals surface area contributed by atoms with E-state index in [2.05, 4.69) is 31.3 Å². The molecule has 0 aliphatic rings. The van der Waals surface area contributed by atoms with E-state index in [0.29, 0.717) is 22.8 Å². The Balaban J connectivity index is 1.28. The predicted molar refractivity (Wildman–Crippen MR) is 147 cm³/mol. The number of nitrogens with zero attached hydrogens (tertiary/aromatic N) is 1. The Kier molecular flexibility index (Phi) is 8.60. The summed E-state index contributed by atoms with van der Waals surface area (Å²) in [6.07, 6.45) is 2.96. The highest BCUT2D eigenvalue weighted by Crippen LogP contribution is 2.32. The molecule has 1 aromatic heterocycles. The van der Waals surface area contributed by atoms with Crippen molar-refractivity contribution in [1.82, 2.24) is 5.32 Å². The quantitative estimate of drug-likeness (QED) is 0.122. The lowest BCUT2D eigenvalue weighted by Gasteiger charge is -2.26. The molecule has 1 heterocycles. The summed E-state index contributed by atoms with van der Waals surface area (Å²) in [6.45, 7) is 4.25. The molecular formula is C32H28N2O5. The summed E-state index contributed by atoms with van der Waals surface area (Å²) in [5.41, 5.74) is 2.72. The molecule has 1 amide bonds. The molecule has 0 saturated heterocycles. The molecule has 4 aromatic rings. The molecule has 0 fully saturated rings. The van der Waals surface area contributed by atoms with Crippen molar-refractivity contribution in [3.63, 3.8) is 0 Å². The Labute approximate surface area is 227 Å². The van der Waals surface area contributed by atoms with E-state index >= 15 is 0 Å². The fraction of sp³-hybridized carbons (Fsp3) is 0.156. The first-order valence-corrected chi connectivity index (χ1v) is 12.4. The van der Waals surface area contributed by atoms with Crippen molar-refractivity contribution in [2.24, 2.45) is 0 Å². The van der Waals surface area contributed by atoms with E-state index in [1.54, 1.807) is 36.4 Å². The Morgan fingerprint density at radius 1 is 0.897 bits per heavy atom. The Morgan fingerprint density at radius 2 is 1.56 bits per heavy atom. The van der Waals surface area contributed by atoms with E-state index in [1.807, 2.05) is 48.5 Å². The lowest BCUT2D eigenvalue weighted by atomic mass is 9.78. The zero-order valence-corrected chi connectivity index (χ0v) is 21.7. The van der Waals surface area contributed by atoms with Crippen molar-refractivity contribution in [2.75, 3.05) is 6.61 Å². The van der Waals surface area contributed by atoms with Gasteiger partial charge < -0.3 is 19.2 Å². The van der Waals surface area contributed by atoms with Crippen LogP contribution in [0.2, 0.25) is 0 Å². The van der Waals surface area contributed by atoms with Gasteiger partial charge in [-0.15, -0.1) is 0 Å². The Bertz CT molecular complexity index is 1460. The van der Waals surface area contributed by atoms with Crippen LogP contribution in [-0.2, 0) is 21.5 Å². The number of carbonyl (C=O) groups is 2. The van der Waals surface area contributed by atoms with E-state index in [0.717, 1.165) is 5.56 Å². The summed E-state index contributed by atoms with van der Waals surface area (Å²) < 4.78 is 16.1. The van der Waals surface area contributed by atoms with Crippen molar-refractivity contribution < 1.29 is 23.5 Å². The van der Waals surface area contributed by atoms with Crippen LogP contribution in [0.25, 0.3) is 6.08 Å². The number of hydrogen-bond donors (Lipinski definition) is 1. The second-order valence-electron chi connectivity index (χ2n) is 9.28. The van der Waals surface area contributed by atoms with E-state index in [-0.39, 0.29) is 24.1 Å². The lowest BCUT2D eigenvalue weighted by molar-refractivity contribution is -0.136. The van der Waals surface area contributed by atoms with Crippen LogP contribution in [0.1, 0.15) is 36.3 Å². The first-order valence-electron chi connectivity index (χ1n) is 12.4. The highest BCUT2D eigenvalue weighted by Gasteiger charge is 2.22. The zero-order chi connectivity index (χ0) is 27.7. The maximum absolute atomic E-state index is 12.3. The minimum atomic E-state index is -0.554. The summed E-state index contributed by atoms with van der Waals surface area (Å²) in [6, 6.07) is 29.7. The third-order valence-electron chi connectivity index (χ3n) is 6.22. The lowest BCUT2D eigenvalue weighted by Crippen LogP contribution is -2.23. The van der Waals surface area contributed by atoms with Gasteiger partial charge in [-0.1, -0.05) is 68.4 Å². The van der Waals surface area contributed by atoms with Crippen LogP contribution in [0.4, 0.5) is 0 Å². The van der Waals surface area contributed by atoms with Crippen molar-refractivity contribution in [1.29, 1.82) is 5.26 Å². The van der Waals surface area contributed by atoms with Crippen LogP contribution >= 0.6 is 0 Å².